The molecular formula is C21H22O8S2. The molecule has 0 N–H and O–H groups in total. The molecule has 1 aliphatic heterocycles. The van der Waals surface area contributed by atoms with Gasteiger partial charge in [0.15, 0.2) is 18.3 Å². The van der Waals surface area contributed by atoms with Crippen LogP contribution in [-0.2, 0) is 28.6 Å². The van der Waals surface area contributed by atoms with Crippen molar-refractivity contribution in [2.24, 2.45) is 0 Å². The zero-order valence-electron chi connectivity index (χ0n) is 17.4. The molecule has 8 nitrogen and oxygen atoms in total. The monoisotopic (exact) mass is 466 g/mol. The summed E-state index contributed by atoms with van der Waals surface area (Å²) in [5, 5.41) is 0.778. The predicted molar refractivity (Wildman–Crippen MR) is 116 cm³/mol. The quantitative estimate of drug-likeness (QED) is 0.370. The highest BCUT2D eigenvalue weighted by atomic mass is 32.2. The molecular weight excluding hydrogens is 444 g/mol. The second kappa shape index (κ2) is 9.78. The number of benzene rings is 1. The van der Waals surface area contributed by atoms with Crippen LogP contribution in [0, 0.1) is 6.92 Å². The first kappa shape index (κ1) is 23.2. The Balaban J connectivity index is 1.98. The molecule has 1 aromatic carbocycles. The first-order chi connectivity index (χ1) is 14.7. The zero-order valence-corrected chi connectivity index (χ0v) is 19.0. The van der Waals surface area contributed by atoms with E-state index in [0.29, 0.717) is 11.3 Å². The van der Waals surface area contributed by atoms with E-state index in [1.165, 1.54) is 50.4 Å². The van der Waals surface area contributed by atoms with Gasteiger partial charge in [-0.25, -0.2) is 4.79 Å². The summed E-state index contributed by atoms with van der Waals surface area (Å²) < 4.78 is 21.3. The van der Waals surface area contributed by atoms with Gasteiger partial charge in [-0.2, -0.15) is 0 Å². The fraction of sp³-hybridized carbons (Fsp3) is 0.429. The molecule has 0 saturated carbocycles. The van der Waals surface area contributed by atoms with Gasteiger partial charge in [-0.3, -0.25) is 14.4 Å². The number of esters is 3. The molecule has 1 saturated heterocycles. The van der Waals surface area contributed by atoms with Crippen LogP contribution in [0.25, 0.3) is 11.0 Å². The number of carbonyl (C=O) groups is 3. The van der Waals surface area contributed by atoms with E-state index < -0.39 is 41.8 Å². The van der Waals surface area contributed by atoms with Gasteiger partial charge in [0.2, 0.25) is 0 Å². The summed E-state index contributed by atoms with van der Waals surface area (Å²) in [6.07, 6.45) is -2.56. The van der Waals surface area contributed by atoms with Crippen LogP contribution >= 0.6 is 23.5 Å². The molecule has 0 radical (unpaired) electrons. The minimum absolute atomic E-state index is 0.353. The fourth-order valence-electron chi connectivity index (χ4n) is 3.40. The number of hydrogen-bond donors (Lipinski definition) is 0. The summed E-state index contributed by atoms with van der Waals surface area (Å²) in [7, 11) is 0. The molecule has 2 heterocycles. The molecule has 1 aromatic heterocycles. The van der Waals surface area contributed by atoms with Gasteiger partial charge in [-0.1, -0.05) is 6.07 Å². The molecule has 10 heteroatoms. The number of aryl methyl sites for hydroxylation is 1. The maximum Gasteiger partial charge on any atom is 0.336 e. The van der Waals surface area contributed by atoms with Crippen LogP contribution in [-0.4, -0.2) is 46.6 Å². The van der Waals surface area contributed by atoms with Gasteiger partial charge in [0.25, 0.3) is 0 Å². The van der Waals surface area contributed by atoms with Crippen molar-refractivity contribution in [2.75, 3.05) is 5.75 Å². The standard InChI is InChI=1S/C21H22O8S2/c1-10-8-17(25)29-14-6-5-7-16(18(10)14)31-21-20(28-13(4)24)19(27-12(3)23)15(9-30-21)26-11(2)22/h5-8,15,19-21H,9H2,1-4H3/t15-,19+,20-,21+/m1/s1. The maximum atomic E-state index is 11.8. The molecule has 0 aliphatic carbocycles. The highest BCUT2D eigenvalue weighted by Crippen LogP contribution is 2.43. The Morgan fingerprint density at radius 3 is 2.32 bits per heavy atom. The van der Waals surface area contributed by atoms with E-state index in [9.17, 15) is 19.2 Å². The summed E-state index contributed by atoms with van der Waals surface area (Å²) >= 11 is 2.84. The van der Waals surface area contributed by atoms with E-state index in [1.54, 1.807) is 12.1 Å². The van der Waals surface area contributed by atoms with Gasteiger partial charge in [-0.15, -0.1) is 23.5 Å². The van der Waals surface area contributed by atoms with Gasteiger partial charge in [0.05, 0.1) is 4.58 Å². The summed E-state index contributed by atoms with van der Waals surface area (Å²) in [5.41, 5.74) is 0.777. The van der Waals surface area contributed by atoms with E-state index >= 15 is 0 Å². The first-order valence-electron chi connectivity index (χ1n) is 9.49. The highest BCUT2D eigenvalue weighted by Gasteiger charge is 2.46. The van der Waals surface area contributed by atoms with Crippen LogP contribution in [0.1, 0.15) is 26.3 Å². The van der Waals surface area contributed by atoms with E-state index in [2.05, 4.69) is 0 Å². The number of rotatable bonds is 5. The molecule has 0 spiro atoms. The molecule has 1 fully saturated rings. The van der Waals surface area contributed by atoms with Crippen LogP contribution in [0.3, 0.4) is 0 Å². The first-order valence-corrected chi connectivity index (χ1v) is 11.4. The van der Waals surface area contributed by atoms with Crippen molar-refractivity contribution < 1.29 is 33.0 Å². The van der Waals surface area contributed by atoms with Crippen molar-refractivity contribution in [2.45, 2.75) is 55.5 Å². The highest BCUT2D eigenvalue weighted by molar-refractivity contribution is 8.17. The SMILES string of the molecule is CC(=O)O[C@@H]1[C@@H](OC(C)=O)[C@H](Sc2cccc3oc(=O)cc(C)c23)SC[C@H]1OC(C)=O. The lowest BCUT2D eigenvalue weighted by atomic mass is 10.1. The lowest BCUT2D eigenvalue weighted by molar-refractivity contribution is -0.180. The lowest BCUT2D eigenvalue weighted by Crippen LogP contribution is -2.53. The fourth-order valence-corrected chi connectivity index (χ4v) is 6.39. The third-order valence-electron chi connectivity index (χ3n) is 4.48. The van der Waals surface area contributed by atoms with Crippen LogP contribution in [0.2, 0.25) is 0 Å². The van der Waals surface area contributed by atoms with E-state index in [4.69, 9.17) is 18.6 Å². The third-order valence-corrected chi connectivity index (χ3v) is 7.38. The Morgan fingerprint density at radius 1 is 1.03 bits per heavy atom. The second-order valence-electron chi connectivity index (χ2n) is 6.99. The van der Waals surface area contributed by atoms with Crippen LogP contribution < -0.4 is 5.63 Å². The van der Waals surface area contributed by atoms with Crippen LogP contribution in [0.4, 0.5) is 0 Å². The molecule has 1 aliphatic rings. The molecule has 0 bridgehead atoms. The van der Waals surface area contributed by atoms with Crippen molar-refractivity contribution in [3.8, 4) is 0 Å². The summed E-state index contributed by atoms with van der Waals surface area (Å²) in [6, 6.07) is 6.78. The zero-order chi connectivity index (χ0) is 22.7. The molecule has 0 unspecified atom stereocenters. The summed E-state index contributed by atoms with van der Waals surface area (Å²) in [4.78, 5) is 47.6. The van der Waals surface area contributed by atoms with Crippen LogP contribution in [0.5, 0.6) is 0 Å². The van der Waals surface area contributed by atoms with Crippen molar-refractivity contribution in [3.05, 3.63) is 40.2 Å². The number of ether oxygens (including phenoxy) is 3. The summed E-state index contributed by atoms with van der Waals surface area (Å²) in [5.74, 6) is -1.28. The number of hydrogen-bond acceptors (Lipinski definition) is 10. The van der Waals surface area contributed by atoms with E-state index in [-0.39, 0.29) is 4.58 Å². The Bertz CT molecular complexity index is 1060. The molecule has 3 rings (SSSR count). The Morgan fingerprint density at radius 2 is 1.68 bits per heavy atom. The molecule has 4 atom stereocenters. The Hall–Kier alpha value is -2.46. The second-order valence-corrected chi connectivity index (χ2v) is 9.65. The molecule has 2 aromatic rings. The molecule has 0 amide bonds. The van der Waals surface area contributed by atoms with Gasteiger partial charge >= 0.3 is 23.5 Å². The maximum absolute atomic E-state index is 11.8. The molecule has 166 valence electrons. The third kappa shape index (κ3) is 5.62. The predicted octanol–water partition coefficient (Wildman–Crippen LogP) is 3.06. The smallest absolute Gasteiger partial charge is 0.336 e. The Labute approximate surface area is 187 Å². The van der Waals surface area contributed by atoms with Gasteiger partial charge in [-0.05, 0) is 24.6 Å². The van der Waals surface area contributed by atoms with Crippen molar-refractivity contribution in [1.29, 1.82) is 0 Å². The Kier molecular flexibility index (Phi) is 7.32. The minimum Gasteiger partial charge on any atom is -0.458 e. The van der Waals surface area contributed by atoms with E-state index in [1.807, 2.05) is 13.0 Å². The number of fused-ring (bicyclic) bond motifs is 1. The number of thioether (sulfide) groups is 2. The van der Waals surface area contributed by atoms with Crippen molar-refractivity contribution in [3.63, 3.8) is 0 Å². The average molecular weight is 467 g/mol. The van der Waals surface area contributed by atoms with Crippen molar-refractivity contribution >= 4 is 52.4 Å². The van der Waals surface area contributed by atoms with Gasteiger partial charge in [0, 0.05) is 42.9 Å². The molecule has 31 heavy (non-hydrogen) atoms. The van der Waals surface area contributed by atoms with Gasteiger partial charge < -0.3 is 18.6 Å². The average Bonchev–Trinajstić information content (AvgIpc) is 2.64. The number of carbonyl (C=O) groups excluding carboxylic acids is 3. The van der Waals surface area contributed by atoms with Crippen LogP contribution in [0.15, 0.2) is 38.4 Å². The lowest BCUT2D eigenvalue weighted by Gasteiger charge is -2.40. The topological polar surface area (TPSA) is 109 Å². The van der Waals surface area contributed by atoms with E-state index in [0.717, 1.165) is 15.8 Å². The van der Waals surface area contributed by atoms with Gasteiger partial charge in [0.1, 0.15) is 5.58 Å². The normalized spacial score (nSPS) is 23.2. The largest absolute Gasteiger partial charge is 0.458 e. The minimum atomic E-state index is -0.946. The summed E-state index contributed by atoms with van der Waals surface area (Å²) in [6.45, 7) is 5.60. The van der Waals surface area contributed by atoms with Crippen molar-refractivity contribution in [1.82, 2.24) is 0 Å².